The maximum atomic E-state index is 12.4. The quantitative estimate of drug-likeness (QED) is 0.560. The summed E-state index contributed by atoms with van der Waals surface area (Å²) in [5.74, 6) is 1.21. The van der Waals surface area contributed by atoms with Gasteiger partial charge in [0.2, 0.25) is 0 Å². The summed E-state index contributed by atoms with van der Waals surface area (Å²) in [4.78, 5) is 37.6. The van der Waals surface area contributed by atoms with Crippen LogP contribution in [0, 0.1) is 13.8 Å². The topological polar surface area (TPSA) is 96.4 Å². The number of thiophene rings is 1. The van der Waals surface area contributed by atoms with E-state index in [9.17, 15) is 9.59 Å². The molecule has 0 bridgehead atoms. The average Bonchev–Trinajstić information content (AvgIpc) is 3.11. The zero-order valence-corrected chi connectivity index (χ0v) is 19.3. The smallest absolute Gasteiger partial charge is 0.348 e. The number of urea groups is 1. The van der Waals surface area contributed by atoms with Gasteiger partial charge in [-0.25, -0.2) is 19.6 Å². The maximum Gasteiger partial charge on any atom is 0.348 e. The fourth-order valence-corrected chi connectivity index (χ4v) is 5.07. The number of fused-ring (bicyclic) bond motifs is 1. The van der Waals surface area contributed by atoms with Crippen molar-refractivity contribution in [2.75, 3.05) is 29.9 Å². The summed E-state index contributed by atoms with van der Waals surface area (Å²) in [6, 6.07) is 9.30. The number of carbonyl (C=O) groups is 2. The number of benzene rings is 1. The van der Waals surface area contributed by atoms with Gasteiger partial charge >= 0.3 is 12.0 Å². The average molecular weight is 454 g/mol. The fourth-order valence-electron chi connectivity index (χ4n) is 3.95. The zero-order chi connectivity index (χ0) is 22.7. The Morgan fingerprint density at radius 2 is 1.88 bits per heavy atom. The first kappa shape index (κ1) is 22.0. The Bertz CT molecular complexity index is 1120. The second-order valence-electron chi connectivity index (χ2n) is 7.78. The normalized spacial score (nSPS) is 14.4. The van der Waals surface area contributed by atoms with Gasteiger partial charge in [0.15, 0.2) is 0 Å². The molecule has 2 amide bonds. The molecule has 8 nitrogen and oxygen atoms in total. The lowest BCUT2D eigenvalue weighted by atomic mass is 10.0. The molecule has 1 aromatic carbocycles. The Morgan fingerprint density at radius 1 is 1.16 bits per heavy atom. The molecule has 1 aliphatic heterocycles. The van der Waals surface area contributed by atoms with Crippen molar-refractivity contribution in [3.8, 4) is 0 Å². The number of carbonyl (C=O) groups excluding carboxylic acids is 2. The van der Waals surface area contributed by atoms with Crippen LogP contribution < -0.4 is 15.5 Å². The van der Waals surface area contributed by atoms with Crippen molar-refractivity contribution in [2.45, 2.75) is 39.7 Å². The van der Waals surface area contributed by atoms with Crippen LogP contribution in [0.25, 0.3) is 10.2 Å². The number of anilines is 2. The van der Waals surface area contributed by atoms with Crippen molar-refractivity contribution in [1.82, 2.24) is 15.3 Å². The molecule has 0 saturated carbocycles. The summed E-state index contributed by atoms with van der Waals surface area (Å²) in [5.41, 5.74) is 1.63. The van der Waals surface area contributed by atoms with Crippen molar-refractivity contribution in [2.24, 2.45) is 0 Å². The van der Waals surface area contributed by atoms with E-state index in [0.29, 0.717) is 17.3 Å². The SMILES string of the molecule is CCOC(=O)c1sc2nc(C)nc(N3CCC(NC(=O)Nc4ccccc4)CC3)c2c1C. The van der Waals surface area contributed by atoms with Gasteiger partial charge in [-0.1, -0.05) is 18.2 Å². The predicted molar refractivity (Wildman–Crippen MR) is 127 cm³/mol. The van der Waals surface area contributed by atoms with E-state index in [-0.39, 0.29) is 18.0 Å². The number of piperidine rings is 1. The van der Waals surface area contributed by atoms with Crippen LogP contribution in [0.5, 0.6) is 0 Å². The molecular formula is C23H27N5O3S. The molecule has 168 valence electrons. The number of esters is 1. The number of rotatable bonds is 5. The first-order valence-corrected chi connectivity index (χ1v) is 11.6. The number of hydrogen-bond donors (Lipinski definition) is 2. The van der Waals surface area contributed by atoms with Gasteiger partial charge in [-0.2, -0.15) is 0 Å². The summed E-state index contributed by atoms with van der Waals surface area (Å²) in [6.45, 7) is 7.44. The van der Waals surface area contributed by atoms with E-state index in [1.54, 1.807) is 6.92 Å². The first-order chi connectivity index (χ1) is 15.5. The number of nitrogens with one attached hydrogen (secondary N) is 2. The van der Waals surface area contributed by atoms with Gasteiger partial charge in [0, 0.05) is 24.8 Å². The molecule has 4 rings (SSSR count). The summed E-state index contributed by atoms with van der Waals surface area (Å²) < 4.78 is 5.21. The molecule has 1 aliphatic rings. The molecule has 0 atom stereocenters. The Morgan fingerprint density at radius 3 is 2.56 bits per heavy atom. The second-order valence-corrected chi connectivity index (χ2v) is 8.78. The van der Waals surface area contributed by atoms with E-state index in [4.69, 9.17) is 9.72 Å². The van der Waals surface area contributed by atoms with E-state index < -0.39 is 0 Å². The van der Waals surface area contributed by atoms with Crippen LogP contribution in [0.2, 0.25) is 0 Å². The number of nitrogens with zero attached hydrogens (tertiary/aromatic N) is 3. The molecule has 0 radical (unpaired) electrons. The molecule has 2 N–H and O–H groups in total. The van der Waals surface area contributed by atoms with Crippen LogP contribution in [0.3, 0.4) is 0 Å². The third-order valence-corrected chi connectivity index (χ3v) is 6.67. The van der Waals surface area contributed by atoms with Gasteiger partial charge in [0.1, 0.15) is 21.3 Å². The molecule has 32 heavy (non-hydrogen) atoms. The largest absolute Gasteiger partial charge is 0.462 e. The van der Waals surface area contributed by atoms with E-state index >= 15 is 0 Å². The highest BCUT2D eigenvalue weighted by atomic mass is 32.1. The number of ether oxygens (including phenoxy) is 1. The van der Waals surface area contributed by atoms with Crippen LogP contribution in [-0.4, -0.2) is 47.7 Å². The van der Waals surface area contributed by atoms with Gasteiger partial charge < -0.3 is 20.3 Å². The monoisotopic (exact) mass is 453 g/mol. The van der Waals surface area contributed by atoms with Gasteiger partial charge in [-0.3, -0.25) is 0 Å². The van der Waals surface area contributed by atoms with Crippen LogP contribution in [0.15, 0.2) is 30.3 Å². The maximum absolute atomic E-state index is 12.4. The molecular weight excluding hydrogens is 426 g/mol. The van der Waals surface area contributed by atoms with E-state index in [0.717, 1.165) is 53.2 Å². The highest BCUT2D eigenvalue weighted by Crippen LogP contribution is 2.36. The molecule has 0 aliphatic carbocycles. The lowest BCUT2D eigenvalue weighted by molar-refractivity contribution is 0.0531. The number of aromatic nitrogens is 2. The Hall–Kier alpha value is -3.20. The van der Waals surface area contributed by atoms with Crippen molar-refractivity contribution >= 4 is 45.1 Å². The van der Waals surface area contributed by atoms with Crippen molar-refractivity contribution in [3.05, 3.63) is 46.6 Å². The highest BCUT2D eigenvalue weighted by Gasteiger charge is 2.27. The molecule has 2 aromatic heterocycles. The summed E-state index contributed by atoms with van der Waals surface area (Å²) in [7, 11) is 0. The lowest BCUT2D eigenvalue weighted by Crippen LogP contribution is -2.46. The number of para-hydroxylation sites is 1. The minimum absolute atomic E-state index is 0.0899. The Balaban J connectivity index is 1.46. The number of aryl methyl sites for hydroxylation is 2. The highest BCUT2D eigenvalue weighted by molar-refractivity contribution is 7.20. The van der Waals surface area contributed by atoms with Gasteiger partial charge in [-0.15, -0.1) is 11.3 Å². The van der Waals surface area contributed by atoms with Crippen LogP contribution >= 0.6 is 11.3 Å². The van der Waals surface area contributed by atoms with Gasteiger partial charge in [0.05, 0.1) is 12.0 Å². The Kier molecular flexibility index (Phi) is 6.55. The summed E-state index contributed by atoms with van der Waals surface area (Å²) in [6.07, 6.45) is 1.61. The molecule has 0 spiro atoms. The standard InChI is InChI=1S/C23H27N5O3S/c1-4-31-22(29)19-14(2)18-20(24-15(3)25-21(18)32-19)28-12-10-17(11-13-28)27-23(30)26-16-8-6-5-7-9-16/h5-9,17H,4,10-13H2,1-3H3,(H2,26,27,30). The first-order valence-electron chi connectivity index (χ1n) is 10.8. The fraction of sp³-hybridized carbons (Fsp3) is 0.391. The van der Waals surface area contributed by atoms with E-state index in [1.807, 2.05) is 44.2 Å². The van der Waals surface area contributed by atoms with Crippen LogP contribution in [0.4, 0.5) is 16.3 Å². The lowest BCUT2D eigenvalue weighted by Gasteiger charge is -2.33. The minimum atomic E-state index is -0.316. The predicted octanol–water partition coefficient (Wildman–Crippen LogP) is 4.28. The second kappa shape index (κ2) is 9.52. The third-order valence-electron chi connectivity index (χ3n) is 5.51. The van der Waals surface area contributed by atoms with Crippen LogP contribution in [-0.2, 0) is 4.74 Å². The van der Waals surface area contributed by atoms with Crippen molar-refractivity contribution in [1.29, 1.82) is 0 Å². The summed E-state index contributed by atoms with van der Waals surface area (Å²) >= 11 is 1.36. The molecule has 0 unspecified atom stereocenters. The van der Waals surface area contributed by atoms with Crippen LogP contribution in [0.1, 0.15) is 40.8 Å². The van der Waals surface area contributed by atoms with Crippen molar-refractivity contribution in [3.63, 3.8) is 0 Å². The molecule has 1 fully saturated rings. The number of amides is 2. The third kappa shape index (κ3) is 4.67. The summed E-state index contributed by atoms with van der Waals surface area (Å²) in [5, 5.41) is 6.85. The van der Waals surface area contributed by atoms with E-state index in [2.05, 4.69) is 20.5 Å². The minimum Gasteiger partial charge on any atom is -0.462 e. The zero-order valence-electron chi connectivity index (χ0n) is 18.5. The van der Waals surface area contributed by atoms with E-state index in [1.165, 1.54) is 11.3 Å². The molecule has 9 heteroatoms. The van der Waals surface area contributed by atoms with Crippen molar-refractivity contribution < 1.29 is 14.3 Å². The molecule has 1 saturated heterocycles. The van der Waals surface area contributed by atoms with Gasteiger partial charge in [-0.05, 0) is 51.3 Å². The number of hydrogen-bond acceptors (Lipinski definition) is 7. The molecule has 3 aromatic rings. The Labute approximate surface area is 191 Å². The van der Waals surface area contributed by atoms with Gasteiger partial charge in [0.25, 0.3) is 0 Å². The molecule has 3 heterocycles.